The van der Waals surface area contributed by atoms with Crippen molar-refractivity contribution in [3.8, 4) is 11.6 Å². The Balaban J connectivity index is 1.25. The maximum absolute atomic E-state index is 12.4. The predicted octanol–water partition coefficient (Wildman–Crippen LogP) is 3.90. The Morgan fingerprint density at radius 2 is 2.17 bits per heavy atom. The van der Waals surface area contributed by atoms with Crippen molar-refractivity contribution in [2.75, 3.05) is 13.1 Å². The Morgan fingerprint density at radius 3 is 2.83 bits per heavy atom. The SMILES string of the molecule is C[C@@]1(CCC(=O)N2CC(c3ccc(Oc4cccc(Cl)c4)nc3)C2)CCC(=O)N1. The predicted molar refractivity (Wildman–Crippen MR) is 110 cm³/mol. The summed E-state index contributed by atoms with van der Waals surface area (Å²) < 4.78 is 5.71. The normalized spacial score (nSPS) is 21.6. The van der Waals surface area contributed by atoms with E-state index in [4.69, 9.17) is 16.3 Å². The van der Waals surface area contributed by atoms with Crippen molar-refractivity contribution in [1.82, 2.24) is 15.2 Å². The molecule has 0 spiro atoms. The summed E-state index contributed by atoms with van der Waals surface area (Å²) in [7, 11) is 0. The number of aromatic nitrogens is 1. The van der Waals surface area contributed by atoms with Gasteiger partial charge in [-0.05, 0) is 43.5 Å². The summed E-state index contributed by atoms with van der Waals surface area (Å²) in [4.78, 5) is 30.1. The molecule has 0 radical (unpaired) electrons. The Morgan fingerprint density at radius 1 is 1.34 bits per heavy atom. The average molecular weight is 414 g/mol. The molecule has 1 atom stereocenters. The van der Waals surface area contributed by atoms with Crippen LogP contribution in [-0.4, -0.2) is 40.3 Å². The number of amides is 2. The number of hydrogen-bond acceptors (Lipinski definition) is 4. The number of likely N-dealkylation sites (tertiary alicyclic amines) is 1. The Hall–Kier alpha value is -2.60. The largest absolute Gasteiger partial charge is 0.439 e. The number of pyridine rings is 1. The molecule has 2 aliphatic heterocycles. The third-order valence-corrected chi connectivity index (χ3v) is 5.95. The van der Waals surface area contributed by atoms with Gasteiger partial charge in [-0.25, -0.2) is 4.98 Å². The van der Waals surface area contributed by atoms with Crippen LogP contribution in [0.4, 0.5) is 0 Å². The fraction of sp³-hybridized carbons (Fsp3) is 0.409. The molecular weight excluding hydrogens is 390 g/mol. The second-order valence-electron chi connectivity index (χ2n) is 8.09. The molecule has 29 heavy (non-hydrogen) atoms. The fourth-order valence-electron chi connectivity index (χ4n) is 3.82. The molecule has 4 rings (SSSR count). The smallest absolute Gasteiger partial charge is 0.222 e. The van der Waals surface area contributed by atoms with E-state index in [1.54, 1.807) is 12.1 Å². The van der Waals surface area contributed by atoms with Crippen molar-refractivity contribution >= 4 is 23.4 Å². The summed E-state index contributed by atoms with van der Waals surface area (Å²) >= 11 is 5.97. The molecule has 152 valence electrons. The molecule has 2 aromatic rings. The first-order valence-corrected chi connectivity index (χ1v) is 10.3. The van der Waals surface area contributed by atoms with Crippen molar-refractivity contribution in [3.05, 3.63) is 53.2 Å². The van der Waals surface area contributed by atoms with Crippen LogP contribution in [0.1, 0.15) is 44.1 Å². The molecule has 1 N–H and O–H groups in total. The number of benzene rings is 1. The van der Waals surface area contributed by atoms with Crippen LogP contribution in [0.2, 0.25) is 5.02 Å². The second-order valence-corrected chi connectivity index (χ2v) is 8.53. The van der Waals surface area contributed by atoms with Crippen molar-refractivity contribution in [3.63, 3.8) is 0 Å². The molecule has 1 aromatic carbocycles. The van der Waals surface area contributed by atoms with Gasteiger partial charge >= 0.3 is 0 Å². The van der Waals surface area contributed by atoms with E-state index < -0.39 is 0 Å². The van der Waals surface area contributed by atoms with Crippen LogP contribution in [0.3, 0.4) is 0 Å². The molecule has 0 saturated carbocycles. The summed E-state index contributed by atoms with van der Waals surface area (Å²) in [6.45, 7) is 3.43. The van der Waals surface area contributed by atoms with E-state index >= 15 is 0 Å². The lowest BCUT2D eigenvalue weighted by molar-refractivity contribution is -0.136. The number of carbonyl (C=O) groups is 2. The summed E-state index contributed by atoms with van der Waals surface area (Å²) in [5.41, 5.74) is 0.863. The monoisotopic (exact) mass is 413 g/mol. The molecule has 2 amide bonds. The third-order valence-electron chi connectivity index (χ3n) is 5.72. The highest BCUT2D eigenvalue weighted by Crippen LogP contribution is 2.31. The average Bonchev–Trinajstić information content (AvgIpc) is 3.00. The van der Waals surface area contributed by atoms with Gasteiger partial charge in [0.05, 0.1) is 0 Å². The van der Waals surface area contributed by atoms with Gasteiger partial charge in [0.2, 0.25) is 17.7 Å². The van der Waals surface area contributed by atoms with Crippen molar-refractivity contribution < 1.29 is 14.3 Å². The van der Waals surface area contributed by atoms with E-state index in [0.29, 0.717) is 54.9 Å². The van der Waals surface area contributed by atoms with E-state index in [2.05, 4.69) is 10.3 Å². The summed E-state index contributed by atoms with van der Waals surface area (Å²) in [6, 6.07) is 11.0. The number of hydrogen-bond donors (Lipinski definition) is 1. The van der Waals surface area contributed by atoms with Crippen LogP contribution in [0.5, 0.6) is 11.6 Å². The highest BCUT2D eigenvalue weighted by atomic mass is 35.5. The van der Waals surface area contributed by atoms with E-state index in [0.717, 1.165) is 12.0 Å². The molecule has 0 bridgehead atoms. The van der Waals surface area contributed by atoms with Crippen LogP contribution in [0, 0.1) is 0 Å². The summed E-state index contributed by atoms with van der Waals surface area (Å²) in [5, 5.41) is 3.60. The van der Waals surface area contributed by atoms with Gasteiger partial charge in [0, 0.05) is 54.7 Å². The molecule has 1 aromatic heterocycles. The first-order chi connectivity index (χ1) is 13.9. The lowest BCUT2D eigenvalue weighted by Gasteiger charge is -2.40. The lowest BCUT2D eigenvalue weighted by Crippen LogP contribution is -2.49. The standard InChI is InChI=1S/C22H24ClN3O3/c1-22(9-7-19(27)25-22)10-8-21(28)26-13-16(14-26)15-5-6-20(24-12-15)29-18-4-2-3-17(23)11-18/h2-6,11-12,16H,7-10,13-14H2,1H3,(H,25,27)/t22-/m0/s1. The van der Waals surface area contributed by atoms with Crippen LogP contribution < -0.4 is 10.1 Å². The van der Waals surface area contributed by atoms with Crippen LogP contribution >= 0.6 is 11.6 Å². The number of nitrogens with one attached hydrogen (secondary N) is 1. The zero-order valence-corrected chi connectivity index (χ0v) is 17.1. The maximum Gasteiger partial charge on any atom is 0.222 e. The number of rotatable bonds is 6. The van der Waals surface area contributed by atoms with Crippen LogP contribution in [0.15, 0.2) is 42.6 Å². The minimum atomic E-state index is -0.236. The molecule has 7 heteroatoms. The van der Waals surface area contributed by atoms with E-state index in [9.17, 15) is 9.59 Å². The van der Waals surface area contributed by atoms with Crippen LogP contribution in [0.25, 0.3) is 0 Å². The highest BCUT2D eigenvalue weighted by molar-refractivity contribution is 6.30. The molecule has 3 heterocycles. The van der Waals surface area contributed by atoms with E-state index in [-0.39, 0.29) is 17.4 Å². The lowest BCUT2D eigenvalue weighted by atomic mass is 9.90. The number of nitrogens with zero attached hydrogens (tertiary/aromatic N) is 2. The minimum Gasteiger partial charge on any atom is -0.439 e. The van der Waals surface area contributed by atoms with E-state index in [1.165, 1.54) is 0 Å². The topological polar surface area (TPSA) is 71.5 Å². The summed E-state index contributed by atoms with van der Waals surface area (Å²) in [5.74, 6) is 1.69. The number of ether oxygens (including phenoxy) is 1. The van der Waals surface area contributed by atoms with Crippen molar-refractivity contribution in [1.29, 1.82) is 0 Å². The van der Waals surface area contributed by atoms with Gasteiger partial charge in [0.15, 0.2) is 0 Å². The first kappa shape index (κ1) is 19.7. The maximum atomic E-state index is 12.4. The Kier molecular flexibility index (Phi) is 5.46. The molecular formula is C22H24ClN3O3. The second kappa shape index (κ2) is 8.03. The fourth-order valence-corrected chi connectivity index (χ4v) is 4.00. The minimum absolute atomic E-state index is 0.0826. The van der Waals surface area contributed by atoms with Gasteiger partial charge in [0.25, 0.3) is 0 Å². The highest BCUT2D eigenvalue weighted by Gasteiger charge is 2.36. The van der Waals surface area contributed by atoms with Gasteiger partial charge in [-0.15, -0.1) is 0 Å². The zero-order valence-electron chi connectivity index (χ0n) is 16.4. The van der Waals surface area contributed by atoms with Crippen LogP contribution in [-0.2, 0) is 9.59 Å². The Labute approximate surface area is 175 Å². The van der Waals surface area contributed by atoms with Gasteiger partial charge in [-0.3, -0.25) is 9.59 Å². The van der Waals surface area contributed by atoms with Crippen molar-refractivity contribution in [2.45, 2.75) is 44.1 Å². The van der Waals surface area contributed by atoms with E-state index in [1.807, 2.05) is 42.3 Å². The number of carbonyl (C=O) groups excluding carboxylic acids is 2. The van der Waals surface area contributed by atoms with Gasteiger partial charge in [0.1, 0.15) is 5.75 Å². The molecule has 6 nitrogen and oxygen atoms in total. The quantitative estimate of drug-likeness (QED) is 0.779. The molecule has 2 saturated heterocycles. The Bertz CT molecular complexity index is 912. The van der Waals surface area contributed by atoms with Gasteiger partial charge < -0.3 is 15.0 Å². The van der Waals surface area contributed by atoms with Crippen molar-refractivity contribution in [2.24, 2.45) is 0 Å². The zero-order chi connectivity index (χ0) is 20.4. The molecule has 2 aliphatic rings. The third kappa shape index (κ3) is 4.70. The van der Waals surface area contributed by atoms with Gasteiger partial charge in [-0.1, -0.05) is 23.7 Å². The molecule has 0 aliphatic carbocycles. The number of halogens is 1. The summed E-state index contributed by atoms with van der Waals surface area (Å²) in [6.07, 6.45) is 4.32. The molecule has 2 fully saturated rings. The van der Waals surface area contributed by atoms with Gasteiger partial charge in [-0.2, -0.15) is 0 Å². The first-order valence-electron chi connectivity index (χ1n) is 9.88. The molecule has 0 unspecified atom stereocenters.